The van der Waals surface area contributed by atoms with Crippen LogP contribution in [-0.2, 0) is 9.59 Å². The van der Waals surface area contributed by atoms with Gasteiger partial charge in [-0.2, -0.15) is 0 Å². The van der Waals surface area contributed by atoms with E-state index in [-0.39, 0.29) is 18.2 Å². The van der Waals surface area contributed by atoms with E-state index in [2.05, 4.69) is 15.3 Å². The minimum atomic E-state index is -0.470. The van der Waals surface area contributed by atoms with Crippen molar-refractivity contribution in [3.8, 4) is 0 Å². The number of hydrogen-bond acceptors (Lipinski definition) is 5. The van der Waals surface area contributed by atoms with Crippen LogP contribution in [0.15, 0.2) is 53.7 Å². The van der Waals surface area contributed by atoms with Gasteiger partial charge in [0.15, 0.2) is 11.0 Å². The number of benzene rings is 1. The Morgan fingerprint density at radius 1 is 1.27 bits per heavy atom. The van der Waals surface area contributed by atoms with Crippen LogP contribution in [0.25, 0.3) is 0 Å². The van der Waals surface area contributed by atoms with Gasteiger partial charge in [-0.15, -0.1) is 0 Å². The van der Waals surface area contributed by atoms with Crippen LogP contribution in [0.5, 0.6) is 0 Å². The number of nitrogens with zero attached hydrogens (tertiary/aromatic N) is 3. The first-order valence-corrected chi connectivity index (χ1v) is 9.29. The summed E-state index contributed by atoms with van der Waals surface area (Å²) in [5, 5.41) is 2.96. The van der Waals surface area contributed by atoms with Gasteiger partial charge in [0.05, 0.1) is 0 Å². The minimum absolute atomic E-state index is 0.0914. The van der Waals surface area contributed by atoms with Crippen molar-refractivity contribution in [2.45, 2.75) is 25.5 Å². The van der Waals surface area contributed by atoms with Gasteiger partial charge in [-0.1, -0.05) is 35.5 Å². The Kier molecular flexibility index (Phi) is 5.68. The molecular weight excluding hydrogens is 348 g/mol. The first-order valence-electron chi connectivity index (χ1n) is 8.41. The van der Waals surface area contributed by atoms with E-state index >= 15 is 0 Å². The maximum absolute atomic E-state index is 12.6. The molecule has 1 aromatic carbocycles. The Morgan fingerprint density at radius 3 is 2.69 bits per heavy atom. The number of aliphatic imine (C=N–C) groups is 1. The number of aryl methyl sites for hydroxylation is 1. The van der Waals surface area contributed by atoms with Gasteiger partial charge in [-0.25, -0.2) is 9.98 Å². The molecular formula is C19H20N4O2S. The lowest BCUT2D eigenvalue weighted by atomic mass is 10.2. The lowest BCUT2D eigenvalue weighted by Crippen LogP contribution is -2.33. The van der Waals surface area contributed by atoms with Gasteiger partial charge in [0.25, 0.3) is 0 Å². The number of aromatic nitrogens is 1. The molecule has 134 valence electrons. The highest BCUT2D eigenvalue weighted by atomic mass is 32.2. The maximum Gasteiger partial charge on any atom is 0.242 e. The Morgan fingerprint density at radius 2 is 2.04 bits per heavy atom. The zero-order valence-corrected chi connectivity index (χ0v) is 15.5. The lowest BCUT2D eigenvalue weighted by Gasteiger charge is -2.13. The molecule has 2 aromatic rings. The summed E-state index contributed by atoms with van der Waals surface area (Å²) in [4.78, 5) is 35.1. The van der Waals surface area contributed by atoms with Crippen molar-refractivity contribution in [3.63, 3.8) is 0 Å². The van der Waals surface area contributed by atoms with Crippen LogP contribution in [0.4, 0.5) is 11.5 Å². The predicted molar refractivity (Wildman–Crippen MR) is 105 cm³/mol. The maximum atomic E-state index is 12.6. The molecule has 1 aliphatic rings. The number of carbonyl (C=O) groups is 2. The molecule has 0 aliphatic carbocycles. The molecule has 0 spiro atoms. The fourth-order valence-corrected chi connectivity index (χ4v) is 3.76. The first kappa shape index (κ1) is 18.1. The van der Waals surface area contributed by atoms with Crippen LogP contribution in [0.3, 0.4) is 0 Å². The highest BCUT2D eigenvalue weighted by Crippen LogP contribution is 2.31. The van der Waals surface area contributed by atoms with Crippen LogP contribution in [-0.4, -0.2) is 38.7 Å². The number of anilines is 1. The van der Waals surface area contributed by atoms with E-state index in [1.165, 1.54) is 11.8 Å². The standard InChI is InChI=1S/C19H20N4O2S/c1-3-23-18(25)15(26-19(23)22-16-6-4-5-11-20-16)12-17(24)21-14-9-7-13(2)8-10-14/h4-11,15H,3,12H2,1-2H3,(H,21,24)/t15-/m1/s1. The van der Waals surface area contributed by atoms with Gasteiger partial charge in [-0.3, -0.25) is 14.5 Å². The van der Waals surface area contributed by atoms with Gasteiger partial charge in [0, 0.05) is 24.8 Å². The van der Waals surface area contributed by atoms with E-state index in [1.807, 2.05) is 50.2 Å². The Hall–Kier alpha value is -2.67. The Bertz CT molecular complexity index is 821. The summed E-state index contributed by atoms with van der Waals surface area (Å²) in [7, 11) is 0. The normalized spacial score (nSPS) is 18.4. The third-order valence-electron chi connectivity index (χ3n) is 3.90. The number of hydrogen-bond donors (Lipinski definition) is 1. The second kappa shape index (κ2) is 8.14. The fourth-order valence-electron chi connectivity index (χ4n) is 2.55. The summed E-state index contributed by atoms with van der Waals surface area (Å²) in [5.41, 5.74) is 1.85. The molecule has 1 saturated heterocycles. The van der Waals surface area contributed by atoms with Crippen LogP contribution < -0.4 is 5.32 Å². The van der Waals surface area contributed by atoms with E-state index in [0.717, 1.165) is 11.3 Å². The van der Waals surface area contributed by atoms with Crippen LogP contribution in [0.1, 0.15) is 18.9 Å². The number of amides is 2. The monoisotopic (exact) mass is 368 g/mol. The second-order valence-electron chi connectivity index (χ2n) is 5.89. The summed E-state index contributed by atoms with van der Waals surface area (Å²) < 4.78 is 0. The molecule has 1 fully saturated rings. The quantitative estimate of drug-likeness (QED) is 0.878. The first-order chi connectivity index (χ1) is 12.6. The van der Waals surface area contributed by atoms with E-state index in [9.17, 15) is 9.59 Å². The van der Waals surface area contributed by atoms with Crippen molar-refractivity contribution in [1.82, 2.24) is 9.88 Å². The smallest absolute Gasteiger partial charge is 0.242 e. The molecule has 26 heavy (non-hydrogen) atoms. The van der Waals surface area contributed by atoms with Gasteiger partial charge < -0.3 is 5.32 Å². The molecule has 6 nitrogen and oxygen atoms in total. The molecule has 0 saturated carbocycles. The van der Waals surface area contributed by atoms with Gasteiger partial charge >= 0.3 is 0 Å². The van der Waals surface area contributed by atoms with Crippen molar-refractivity contribution in [2.75, 3.05) is 11.9 Å². The van der Waals surface area contributed by atoms with Crippen LogP contribution in [0.2, 0.25) is 0 Å². The number of pyridine rings is 1. The van der Waals surface area contributed by atoms with E-state index in [0.29, 0.717) is 17.5 Å². The average molecular weight is 368 g/mol. The summed E-state index contributed by atoms with van der Waals surface area (Å²) in [6.45, 7) is 4.38. The number of carbonyl (C=O) groups excluding carboxylic acids is 2. The highest BCUT2D eigenvalue weighted by Gasteiger charge is 2.38. The molecule has 1 aliphatic heterocycles. The van der Waals surface area contributed by atoms with Crippen molar-refractivity contribution in [1.29, 1.82) is 0 Å². The van der Waals surface area contributed by atoms with E-state index < -0.39 is 5.25 Å². The summed E-state index contributed by atoms with van der Waals surface area (Å²) >= 11 is 1.31. The third-order valence-corrected chi connectivity index (χ3v) is 5.08. The largest absolute Gasteiger partial charge is 0.326 e. The third kappa shape index (κ3) is 4.29. The summed E-state index contributed by atoms with van der Waals surface area (Å²) in [6, 6.07) is 13.0. The lowest BCUT2D eigenvalue weighted by molar-refractivity contribution is -0.128. The van der Waals surface area contributed by atoms with Crippen molar-refractivity contribution >= 4 is 40.2 Å². The topological polar surface area (TPSA) is 74.7 Å². The van der Waals surface area contributed by atoms with Crippen molar-refractivity contribution < 1.29 is 9.59 Å². The molecule has 2 heterocycles. The zero-order valence-electron chi connectivity index (χ0n) is 14.7. The Balaban J connectivity index is 1.68. The predicted octanol–water partition coefficient (Wildman–Crippen LogP) is 3.37. The highest BCUT2D eigenvalue weighted by molar-refractivity contribution is 8.15. The van der Waals surface area contributed by atoms with E-state index in [4.69, 9.17) is 0 Å². The number of rotatable bonds is 5. The minimum Gasteiger partial charge on any atom is -0.326 e. The zero-order chi connectivity index (χ0) is 18.5. The Labute approximate surface area is 156 Å². The number of amidine groups is 1. The van der Waals surface area contributed by atoms with Gasteiger partial charge in [-0.05, 0) is 38.1 Å². The summed E-state index contributed by atoms with van der Waals surface area (Å²) in [5.74, 6) is 0.270. The molecule has 0 unspecified atom stereocenters. The van der Waals surface area contributed by atoms with E-state index in [1.54, 1.807) is 17.2 Å². The molecule has 1 aromatic heterocycles. The SMILES string of the molecule is CCN1C(=O)[C@@H](CC(=O)Nc2ccc(C)cc2)SC1=Nc1ccccn1. The fraction of sp³-hybridized carbons (Fsp3) is 0.263. The molecule has 0 bridgehead atoms. The van der Waals surface area contributed by atoms with Crippen LogP contribution in [0, 0.1) is 6.92 Å². The molecule has 3 rings (SSSR count). The van der Waals surface area contributed by atoms with Gasteiger partial charge in [0.1, 0.15) is 5.25 Å². The van der Waals surface area contributed by atoms with Crippen LogP contribution >= 0.6 is 11.8 Å². The van der Waals surface area contributed by atoms with Crippen molar-refractivity contribution in [2.24, 2.45) is 4.99 Å². The molecule has 0 radical (unpaired) electrons. The molecule has 1 atom stereocenters. The second-order valence-corrected chi connectivity index (χ2v) is 7.06. The molecule has 1 N–H and O–H groups in total. The number of nitrogens with one attached hydrogen (secondary N) is 1. The summed E-state index contributed by atoms with van der Waals surface area (Å²) in [6.07, 6.45) is 1.76. The van der Waals surface area contributed by atoms with Crippen molar-refractivity contribution in [3.05, 3.63) is 54.2 Å². The average Bonchev–Trinajstić information content (AvgIpc) is 2.92. The van der Waals surface area contributed by atoms with Gasteiger partial charge in [0.2, 0.25) is 11.8 Å². The number of thioether (sulfide) groups is 1. The molecule has 2 amide bonds. The molecule has 7 heteroatoms.